The van der Waals surface area contributed by atoms with Crippen LogP contribution in [0.5, 0.6) is 0 Å². The second-order valence-corrected chi connectivity index (χ2v) is 22.3. The molecular weight excluding hydrogens is 789 g/mol. The van der Waals surface area contributed by atoms with Crippen LogP contribution in [0.3, 0.4) is 0 Å². The molecule has 1 amide bonds. The van der Waals surface area contributed by atoms with Gasteiger partial charge in [-0.25, -0.2) is 4.79 Å². The number of nitrogens with zero attached hydrogens (tertiary/aromatic N) is 1. The average molecular weight is 859 g/mol. The molecule has 12 nitrogen and oxygen atoms in total. The topological polar surface area (TPSA) is 173 Å². The van der Waals surface area contributed by atoms with Gasteiger partial charge in [-0.1, -0.05) is 52.2 Å². The van der Waals surface area contributed by atoms with Crippen molar-refractivity contribution in [1.29, 1.82) is 0 Å². The quantitative estimate of drug-likeness (QED) is 0.0946. The normalized spacial score (nSPS) is 42.7. The minimum Gasteiger partial charge on any atom is -0.462 e. The van der Waals surface area contributed by atoms with E-state index in [0.29, 0.717) is 56.6 Å². The van der Waals surface area contributed by atoms with Crippen LogP contribution in [-0.2, 0) is 28.6 Å². The van der Waals surface area contributed by atoms with Gasteiger partial charge in [0, 0.05) is 87.1 Å². The Morgan fingerprint density at radius 3 is 2.66 bits per heavy atom. The molecule has 0 aromatic carbocycles. The third-order valence-corrected chi connectivity index (χ3v) is 19.2. The summed E-state index contributed by atoms with van der Waals surface area (Å²) in [5.74, 6) is 1.58. The number of nitrogens with two attached hydrogens (primary N) is 1. The van der Waals surface area contributed by atoms with Crippen LogP contribution < -0.4 is 16.4 Å². The van der Waals surface area contributed by atoms with Gasteiger partial charge in [0.15, 0.2) is 0 Å². The van der Waals surface area contributed by atoms with Crippen LogP contribution in [0.25, 0.3) is 0 Å². The molecule has 5 saturated heterocycles. The van der Waals surface area contributed by atoms with E-state index >= 15 is 0 Å². The van der Waals surface area contributed by atoms with Crippen LogP contribution in [0.2, 0.25) is 0 Å². The highest BCUT2D eigenvalue weighted by Crippen LogP contribution is 2.63. The molecule has 0 aromatic rings. The highest BCUT2D eigenvalue weighted by Gasteiger charge is 2.68. The summed E-state index contributed by atoms with van der Waals surface area (Å²) in [6.07, 6.45) is 12.2. The first-order chi connectivity index (χ1) is 28.4. The first-order valence-corrected chi connectivity index (χ1v) is 25.2. The minimum absolute atomic E-state index is 0.00857. The van der Waals surface area contributed by atoms with E-state index in [2.05, 4.69) is 28.5 Å². The molecule has 2 saturated carbocycles. The van der Waals surface area contributed by atoms with E-state index in [1.54, 1.807) is 13.0 Å². The van der Waals surface area contributed by atoms with Crippen molar-refractivity contribution in [2.75, 3.05) is 51.4 Å². The molecule has 1 spiro atoms. The Labute approximate surface area is 359 Å². The molecule has 14 atom stereocenters. The predicted octanol–water partition coefficient (Wildman–Crippen LogP) is 4.58. The molecule has 5 aliphatic heterocycles. The van der Waals surface area contributed by atoms with E-state index < -0.39 is 11.2 Å². The fraction of sp³-hybridized carbons (Fsp3) is 0.844. The summed E-state index contributed by atoms with van der Waals surface area (Å²) in [6.45, 7) is 7.99. The lowest BCUT2D eigenvalue weighted by Crippen LogP contribution is -2.66. The molecule has 330 valence electrons. The van der Waals surface area contributed by atoms with E-state index in [4.69, 9.17) is 19.9 Å². The lowest BCUT2D eigenvalue weighted by Gasteiger charge is -2.57. The Morgan fingerprint density at radius 2 is 1.93 bits per heavy atom. The molecular formula is C45H70N4O8S2. The summed E-state index contributed by atoms with van der Waals surface area (Å²) in [5, 5.41) is 27.4. The number of ether oxygens (including phenoxy) is 3. The number of nitrogens with one attached hydrogen (secondary N) is 2. The third-order valence-electron chi connectivity index (χ3n) is 16.9. The lowest BCUT2D eigenvalue weighted by atomic mass is 9.55. The number of esters is 2. The van der Waals surface area contributed by atoms with Crippen molar-refractivity contribution < 1.29 is 38.8 Å². The van der Waals surface area contributed by atoms with Crippen molar-refractivity contribution in [3.63, 3.8) is 0 Å². The second kappa shape index (κ2) is 17.8. The summed E-state index contributed by atoms with van der Waals surface area (Å²) in [7, 11) is 5.70. The van der Waals surface area contributed by atoms with Crippen LogP contribution in [0.1, 0.15) is 97.8 Å². The number of amides is 1. The van der Waals surface area contributed by atoms with Crippen molar-refractivity contribution >= 4 is 39.4 Å². The fourth-order valence-electron chi connectivity index (χ4n) is 13.6. The largest absolute Gasteiger partial charge is 0.462 e. The molecule has 0 aromatic heterocycles. The van der Waals surface area contributed by atoms with E-state index in [0.717, 1.165) is 63.1 Å². The number of aliphatic hydroxyl groups excluding tert-OH is 2. The highest BCUT2D eigenvalue weighted by molar-refractivity contribution is 8.76. The maximum Gasteiger partial charge on any atom is 0.334 e. The zero-order chi connectivity index (χ0) is 41.7. The molecule has 8 unspecified atom stereocenters. The van der Waals surface area contributed by atoms with Crippen molar-refractivity contribution in [3.05, 3.63) is 23.3 Å². The van der Waals surface area contributed by atoms with Crippen molar-refractivity contribution in [1.82, 2.24) is 15.5 Å². The number of piperidine rings is 1. The van der Waals surface area contributed by atoms with E-state index in [9.17, 15) is 24.6 Å². The molecule has 59 heavy (non-hydrogen) atoms. The van der Waals surface area contributed by atoms with E-state index in [1.807, 2.05) is 35.6 Å². The molecule has 0 radical (unpaired) electrons. The summed E-state index contributed by atoms with van der Waals surface area (Å²) < 4.78 is 20.9. The Kier molecular flexibility index (Phi) is 13.3. The molecule has 14 heteroatoms. The first kappa shape index (κ1) is 44.0. The Bertz CT molecular complexity index is 1640. The zero-order valence-corrected chi connectivity index (χ0v) is 37.3. The van der Waals surface area contributed by atoms with E-state index in [1.165, 1.54) is 5.57 Å². The Morgan fingerprint density at radius 1 is 1.14 bits per heavy atom. The summed E-state index contributed by atoms with van der Waals surface area (Å²) in [4.78, 5) is 44.4. The summed E-state index contributed by atoms with van der Waals surface area (Å²) >= 11 is 0. The van der Waals surface area contributed by atoms with Gasteiger partial charge < -0.3 is 45.7 Å². The number of hydrogen-bond donors (Lipinski definition) is 5. The maximum absolute atomic E-state index is 14.3. The van der Waals surface area contributed by atoms with Crippen LogP contribution >= 0.6 is 21.6 Å². The highest BCUT2D eigenvalue weighted by atomic mass is 33.1. The van der Waals surface area contributed by atoms with Gasteiger partial charge >= 0.3 is 11.9 Å². The Balaban J connectivity index is 1.14. The van der Waals surface area contributed by atoms with Gasteiger partial charge in [-0.3, -0.25) is 9.59 Å². The van der Waals surface area contributed by atoms with Crippen LogP contribution in [0.15, 0.2) is 23.3 Å². The van der Waals surface area contributed by atoms with Crippen LogP contribution in [0, 0.1) is 52.8 Å². The van der Waals surface area contributed by atoms with Crippen molar-refractivity contribution in [2.24, 2.45) is 58.5 Å². The lowest BCUT2D eigenvalue weighted by molar-refractivity contribution is -0.230. The molecule has 7 fully saturated rings. The van der Waals surface area contributed by atoms with Gasteiger partial charge in [-0.15, -0.1) is 0 Å². The summed E-state index contributed by atoms with van der Waals surface area (Å²) in [5.41, 5.74) is 6.40. The standard InChI is InChI=1S/C45H70N4O8S2/c1-5-26(2)41(53)57-43(3)12-8-27-24-58-59-25-35-31(20-47-4)22-49(35)39(52)16-30-21-48-38(46)17-33(30)40(27)45(43)19-29-14-28-15-34(42(54)55-36(28)18-37(29)56-45)44(10-6-7-11-44)32(23-51)9-13-50/h5,8,28-38,40,47-48,50-51H,6-7,9-25,46H2,1-4H3/t28?,29?,30?,31-,32-,33?,34?,35-,36?,37?,38?,40-,43-,45-/m0/s1. The van der Waals surface area contributed by atoms with Gasteiger partial charge in [0.2, 0.25) is 5.91 Å². The molecule has 0 bridgehead atoms. The smallest absolute Gasteiger partial charge is 0.334 e. The number of hydrogen-bond acceptors (Lipinski definition) is 13. The zero-order valence-electron chi connectivity index (χ0n) is 35.7. The predicted molar refractivity (Wildman–Crippen MR) is 230 cm³/mol. The maximum atomic E-state index is 14.3. The molecule has 8 aliphatic rings. The number of fused-ring (bicyclic) bond motifs is 7. The molecule has 8 rings (SSSR count). The third kappa shape index (κ3) is 7.88. The average Bonchev–Trinajstić information content (AvgIpc) is 3.85. The van der Waals surface area contributed by atoms with Crippen molar-refractivity contribution in [3.8, 4) is 0 Å². The van der Waals surface area contributed by atoms with Crippen molar-refractivity contribution in [2.45, 2.75) is 133 Å². The fourth-order valence-corrected chi connectivity index (χ4v) is 16.1. The molecule has 5 heterocycles. The van der Waals surface area contributed by atoms with Gasteiger partial charge in [-0.05, 0) is 108 Å². The number of carbonyl (C=O) groups is 3. The number of carbonyl (C=O) groups excluding carboxylic acids is 3. The molecule has 6 N–H and O–H groups in total. The monoisotopic (exact) mass is 858 g/mol. The number of allylic oxidation sites excluding steroid dienone is 1. The van der Waals surface area contributed by atoms with Gasteiger partial charge in [0.1, 0.15) is 17.3 Å². The SMILES string of the molecule is CC=C(C)C(=O)O[C@@]1(C)CC=C2CSSC[C@H]3[C@@H](CNC)CN3C(=O)CC3CNC(N)CC3[C@H]2[C@@]12CC1CC3CC(C4([C@H](CO)CCO)CCCC4)C(=O)OC3CC1O2. The molecule has 3 aliphatic carbocycles. The number of rotatable bonds is 9. The number of aliphatic hydroxyl groups is 2. The van der Waals surface area contributed by atoms with Gasteiger partial charge in [0.25, 0.3) is 0 Å². The Hall–Kier alpha value is -1.65. The van der Waals surface area contributed by atoms with Crippen LogP contribution in [0.4, 0.5) is 0 Å². The first-order valence-electron chi connectivity index (χ1n) is 22.7. The van der Waals surface area contributed by atoms with Crippen LogP contribution in [-0.4, -0.2) is 120 Å². The summed E-state index contributed by atoms with van der Waals surface area (Å²) in [6, 6.07) is 0.218. The van der Waals surface area contributed by atoms with Gasteiger partial charge in [-0.2, -0.15) is 0 Å². The minimum atomic E-state index is -1.00. The van der Waals surface area contributed by atoms with Gasteiger partial charge in [0.05, 0.1) is 18.2 Å². The second-order valence-electron chi connectivity index (χ2n) is 19.7. The van der Waals surface area contributed by atoms with E-state index in [-0.39, 0.29) is 102 Å².